The molecule has 0 radical (unpaired) electrons. The quantitative estimate of drug-likeness (QED) is 0.492. The standard InChI is InChI=1S/C20H18FNO5/c1-20(2)26-18(23)17(19(24)27-20)11-22-15-4-3-5-16(10-15)25-12-13-6-8-14(21)9-7-13/h3-11,22H,12H2,1-2H3. The SMILES string of the molecule is CC1(C)OC(=O)C(=CNc2cccc(OCc3ccc(F)cc3)c2)C(=O)O1. The predicted molar refractivity (Wildman–Crippen MR) is 95.1 cm³/mol. The van der Waals surface area contributed by atoms with Gasteiger partial charge in [-0.25, -0.2) is 14.0 Å². The molecule has 1 aliphatic rings. The number of benzene rings is 2. The van der Waals surface area contributed by atoms with Gasteiger partial charge in [0.25, 0.3) is 5.79 Å². The number of carbonyl (C=O) groups excluding carboxylic acids is 2. The number of halogens is 1. The van der Waals surface area contributed by atoms with Gasteiger partial charge in [-0.3, -0.25) is 0 Å². The number of carbonyl (C=O) groups is 2. The Kier molecular flexibility index (Phi) is 5.12. The summed E-state index contributed by atoms with van der Waals surface area (Å²) in [5.74, 6) is -2.53. The topological polar surface area (TPSA) is 73.9 Å². The van der Waals surface area contributed by atoms with Crippen LogP contribution in [0.3, 0.4) is 0 Å². The lowest BCUT2D eigenvalue weighted by Gasteiger charge is -2.29. The molecule has 0 amide bonds. The number of hydrogen-bond acceptors (Lipinski definition) is 6. The van der Waals surface area contributed by atoms with Crippen LogP contribution in [0.1, 0.15) is 19.4 Å². The number of hydrogen-bond donors (Lipinski definition) is 1. The van der Waals surface area contributed by atoms with Gasteiger partial charge < -0.3 is 19.5 Å². The summed E-state index contributed by atoms with van der Waals surface area (Å²) in [5, 5.41) is 2.86. The van der Waals surface area contributed by atoms with E-state index in [0.717, 1.165) is 5.56 Å². The molecule has 7 heteroatoms. The second-order valence-electron chi connectivity index (χ2n) is 6.32. The highest BCUT2D eigenvalue weighted by molar-refractivity contribution is 6.15. The zero-order valence-corrected chi connectivity index (χ0v) is 14.8. The first-order valence-corrected chi connectivity index (χ1v) is 8.23. The van der Waals surface area contributed by atoms with Crippen LogP contribution in [0.5, 0.6) is 5.75 Å². The monoisotopic (exact) mass is 371 g/mol. The lowest BCUT2D eigenvalue weighted by Crippen LogP contribution is -2.42. The number of rotatable bonds is 5. The first kappa shape index (κ1) is 18.4. The van der Waals surface area contributed by atoms with E-state index in [1.54, 1.807) is 36.4 Å². The number of cyclic esters (lactones) is 2. The van der Waals surface area contributed by atoms with Gasteiger partial charge >= 0.3 is 11.9 Å². The first-order valence-electron chi connectivity index (χ1n) is 8.23. The Morgan fingerprint density at radius 2 is 1.74 bits per heavy atom. The van der Waals surface area contributed by atoms with Gasteiger partial charge in [-0.15, -0.1) is 0 Å². The molecule has 0 aromatic heterocycles. The Labute approximate surface area is 155 Å². The molecule has 3 rings (SSSR count). The summed E-state index contributed by atoms with van der Waals surface area (Å²) in [6.07, 6.45) is 1.24. The Hall–Kier alpha value is -3.35. The van der Waals surface area contributed by atoms with E-state index in [4.69, 9.17) is 14.2 Å². The van der Waals surface area contributed by atoms with Gasteiger partial charge in [0.05, 0.1) is 0 Å². The van der Waals surface area contributed by atoms with Gasteiger partial charge in [-0.1, -0.05) is 18.2 Å². The third-order valence-corrected chi connectivity index (χ3v) is 3.65. The van der Waals surface area contributed by atoms with Gasteiger partial charge in [0, 0.05) is 31.8 Å². The van der Waals surface area contributed by atoms with Crippen LogP contribution >= 0.6 is 0 Å². The lowest BCUT2D eigenvalue weighted by atomic mass is 10.2. The molecule has 27 heavy (non-hydrogen) atoms. The molecule has 0 unspecified atom stereocenters. The van der Waals surface area contributed by atoms with Gasteiger partial charge in [-0.05, 0) is 29.8 Å². The highest BCUT2D eigenvalue weighted by atomic mass is 19.1. The number of nitrogens with one attached hydrogen (secondary N) is 1. The molecule has 2 aromatic carbocycles. The fourth-order valence-electron chi connectivity index (χ4n) is 2.36. The molecule has 6 nitrogen and oxygen atoms in total. The molecule has 1 saturated heterocycles. The second kappa shape index (κ2) is 7.49. The van der Waals surface area contributed by atoms with Gasteiger partial charge in [-0.2, -0.15) is 0 Å². The van der Waals surface area contributed by atoms with Gasteiger partial charge in [0.1, 0.15) is 18.2 Å². The van der Waals surface area contributed by atoms with Crippen molar-refractivity contribution in [3.8, 4) is 5.75 Å². The van der Waals surface area contributed by atoms with E-state index in [9.17, 15) is 14.0 Å². The van der Waals surface area contributed by atoms with Crippen LogP contribution < -0.4 is 10.1 Å². The van der Waals surface area contributed by atoms with E-state index in [1.165, 1.54) is 32.2 Å². The lowest BCUT2D eigenvalue weighted by molar-refractivity contribution is -0.222. The van der Waals surface area contributed by atoms with Crippen molar-refractivity contribution in [1.82, 2.24) is 0 Å². The second-order valence-corrected chi connectivity index (χ2v) is 6.32. The third-order valence-electron chi connectivity index (χ3n) is 3.65. The van der Waals surface area contributed by atoms with Crippen molar-refractivity contribution in [3.05, 3.63) is 71.7 Å². The number of esters is 2. The van der Waals surface area contributed by atoms with Crippen molar-refractivity contribution in [1.29, 1.82) is 0 Å². The maximum atomic E-state index is 12.9. The van der Waals surface area contributed by atoms with Crippen LogP contribution in [-0.2, 0) is 25.7 Å². The van der Waals surface area contributed by atoms with E-state index < -0.39 is 17.7 Å². The van der Waals surface area contributed by atoms with E-state index >= 15 is 0 Å². The molecule has 1 aliphatic heterocycles. The van der Waals surface area contributed by atoms with Crippen LogP contribution in [0.2, 0.25) is 0 Å². The minimum atomic E-state index is -1.28. The molecule has 1 fully saturated rings. The maximum Gasteiger partial charge on any atom is 0.350 e. The van der Waals surface area contributed by atoms with E-state index in [1.807, 2.05) is 0 Å². The van der Waals surface area contributed by atoms with Gasteiger partial charge in [0.2, 0.25) is 0 Å². The molecule has 0 aliphatic carbocycles. The summed E-state index contributed by atoms with van der Waals surface area (Å²) in [7, 11) is 0. The average Bonchev–Trinajstić information content (AvgIpc) is 2.60. The Bertz CT molecular complexity index is 868. The fraction of sp³-hybridized carbons (Fsp3) is 0.200. The smallest absolute Gasteiger partial charge is 0.350 e. The van der Waals surface area contributed by atoms with Crippen molar-refractivity contribution >= 4 is 17.6 Å². The molecular formula is C20H18FNO5. The summed E-state index contributed by atoms with van der Waals surface area (Å²) >= 11 is 0. The molecule has 1 N–H and O–H groups in total. The van der Waals surface area contributed by atoms with Crippen molar-refractivity contribution in [2.75, 3.05) is 5.32 Å². The molecule has 0 bridgehead atoms. The van der Waals surface area contributed by atoms with Crippen molar-refractivity contribution in [3.63, 3.8) is 0 Å². The maximum absolute atomic E-state index is 12.9. The summed E-state index contributed by atoms with van der Waals surface area (Å²) in [5.41, 5.74) is 1.20. The molecule has 140 valence electrons. The molecule has 0 atom stereocenters. The van der Waals surface area contributed by atoms with Crippen molar-refractivity contribution in [2.24, 2.45) is 0 Å². The van der Waals surface area contributed by atoms with Crippen LogP contribution in [0.25, 0.3) is 0 Å². The van der Waals surface area contributed by atoms with Crippen LogP contribution in [0, 0.1) is 5.82 Å². The van der Waals surface area contributed by atoms with E-state index in [-0.39, 0.29) is 18.0 Å². The average molecular weight is 371 g/mol. The molecule has 0 saturated carbocycles. The van der Waals surface area contributed by atoms with Gasteiger partial charge in [0.15, 0.2) is 5.57 Å². The normalized spacial score (nSPS) is 15.6. The van der Waals surface area contributed by atoms with E-state index in [2.05, 4.69) is 5.32 Å². The van der Waals surface area contributed by atoms with Crippen molar-refractivity contribution in [2.45, 2.75) is 26.2 Å². The predicted octanol–water partition coefficient (Wildman–Crippen LogP) is 3.54. The third kappa shape index (κ3) is 4.84. The summed E-state index contributed by atoms with van der Waals surface area (Å²) in [6, 6.07) is 13.0. The van der Waals surface area contributed by atoms with Crippen LogP contribution in [0.15, 0.2) is 60.3 Å². The number of anilines is 1. The molecular weight excluding hydrogens is 353 g/mol. The summed E-state index contributed by atoms with van der Waals surface area (Å²) < 4.78 is 28.6. The molecule has 2 aromatic rings. The van der Waals surface area contributed by atoms with Crippen LogP contribution in [0.4, 0.5) is 10.1 Å². The molecule has 0 spiro atoms. The summed E-state index contributed by atoms with van der Waals surface area (Å²) in [6.45, 7) is 3.24. The molecule has 1 heterocycles. The number of ether oxygens (including phenoxy) is 3. The first-order chi connectivity index (χ1) is 12.8. The largest absolute Gasteiger partial charge is 0.489 e. The highest BCUT2D eigenvalue weighted by Gasteiger charge is 2.38. The minimum absolute atomic E-state index is 0.230. The van der Waals surface area contributed by atoms with E-state index in [0.29, 0.717) is 11.4 Å². The van der Waals surface area contributed by atoms with Crippen LogP contribution in [-0.4, -0.2) is 17.7 Å². The zero-order valence-electron chi connectivity index (χ0n) is 14.8. The Balaban J connectivity index is 1.64. The minimum Gasteiger partial charge on any atom is -0.489 e. The zero-order chi connectivity index (χ0) is 19.4. The Morgan fingerprint density at radius 1 is 1.07 bits per heavy atom. The van der Waals surface area contributed by atoms with Crippen molar-refractivity contribution < 1.29 is 28.2 Å². The highest BCUT2D eigenvalue weighted by Crippen LogP contribution is 2.23. The summed E-state index contributed by atoms with van der Waals surface area (Å²) in [4.78, 5) is 23.8. The Morgan fingerprint density at radius 3 is 2.41 bits per heavy atom. The fourth-order valence-corrected chi connectivity index (χ4v) is 2.36.